The minimum atomic E-state index is -3.58. The molecule has 8 heteroatoms. The van der Waals surface area contributed by atoms with Gasteiger partial charge in [0.2, 0.25) is 10.0 Å². The zero-order valence-corrected chi connectivity index (χ0v) is 17.2. The fraction of sp³-hybridized carbons (Fsp3) is 0.333. The molecule has 7 nitrogen and oxygen atoms in total. The zero-order chi connectivity index (χ0) is 21.0. The highest BCUT2D eigenvalue weighted by atomic mass is 32.2. The van der Waals surface area contributed by atoms with Gasteiger partial charge in [0.25, 0.3) is 5.91 Å². The smallest absolute Gasteiger partial charge is 0.338 e. The van der Waals surface area contributed by atoms with Gasteiger partial charge >= 0.3 is 5.97 Å². The van der Waals surface area contributed by atoms with Crippen LogP contribution in [0.1, 0.15) is 41.3 Å². The van der Waals surface area contributed by atoms with Gasteiger partial charge < -0.3 is 10.1 Å². The third kappa shape index (κ3) is 5.42. The molecule has 1 saturated carbocycles. The minimum absolute atomic E-state index is 0.00429. The maximum Gasteiger partial charge on any atom is 0.338 e. The Morgan fingerprint density at radius 1 is 1.10 bits per heavy atom. The summed E-state index contributed by atoms with van der Waals surface area (Å²) in [6.45, 7) is 3.46. The fourth-order valence-corrected chi connectivity index (χ4v) is 4.16. The number of sulfonamides is 1. The number of para-hydroxylation sites is 1. The number of esters is 1. The van der Waals surface area contributed by atoms with Crippen LogP contribution in [0.2, 0.25) is 0 Å². The molecule has 1 amide bonds. The van der Waals surface area contributed by atoms with Gasteiger partial charge in [0.1, 0.15) is 0 Å². The largest absolute Gasteiger partial charge is 0.452 e. The van der Waals surface area contributed by atoms with E-state index in [2.05, 4.69) is 10.0 Å². The Morgan fingerprint density at radius 3 is 2.41 bits per heavy atom. The number of hydrogen-bond acceptors (Lipinski definition) is 5. The molecule has 1 aliphatic rings. The first kappa shape index (κ1) is 21.0. The molecule has 1 aliphatic carbocycles. The second-order valence-corrected chi connectivity index (χ2v) is 8.72. The van der Waals surface area contributed by atoms with Crippen LogP contribution in [0.4, 0.5) is 5.69 Å². The van der Waals surface area contributed by atoms with E-state index in [0.717, 1.165) is 36.1 Å². The van der Waals surface area contributed by atoms with Gasteiger partial charge in [-0.25, -0.2) is 17.9 Å². The molecule has 0 heterocycles. The molecule has 2 aromatic carbocycles. The normalized spacial score (nSPS) is 13.7. The maximum absolute atomic E-state index is 12.2. The Morgan fingerprint density at radius 2 is 1.79 bits per heavy atom. The van der Waals surface area contributed by atoms with E-state index in [1.54, 1.807) is 0 Å². The molecule has 0 saturated heterocycles. The van der Waals surface area contributed by atoms with Crippen LogP contribution >= 0.6 is 0 Å². The molecule has 3 rings (SSSR count). The Labute approximate surface area is 170 Å². The third-order valence-electron chi connectivity index (χ3n) is 4.64. The molecule has 29 heavy (non-hydrogen) atoms. The molecule has 0 radical (unpaired) electrons. The topological polar surface area (TPSA) is 102 Å². The van der Waals surface area contributed by atoms with Crippen LogP contribution in [0.15, 0.2) is 47.4 Å². The number of ether oxygens (including phenoxy) is 1. The summed E-state index contributed by atoms with van der Waals surface area (Å²) in [5, 5.41) is 2.79. The highest BCUT2D eigenvalue weighted by molar-refractivity contribution is 7.89. The lowest BCUT2D eigenvalue weighted by Crippen LogP contribution is -2.25. The fourth-order valence-electron chi connectivity index (χ4n) is 2.85. The molecule has 2 aromatic rings. The summed E-state index contributed by atoms with van der Waals surface area (Å²) in [4.78, 5) is 24.4. The van der Waals surface area contributed by atoms with Crippen molar-refractivity contribution in [1.29, 1.82) is 0 Å². The van der Waals surface area contributed by atoms with Gasteiger partial charge in [-0.3, -0.25) is 4.79 Å². The van der Waals surface area contributed by atoms with E-state index < -0.39 is 28.5 Å². The lowest BCUT2D eigenvalue weighted by atomic mass is 10.1. The first-order valence-electron chi connectivity index (χ1n) is 9.48. The molecular formula is C21H24N2O5S. The number of aryl methyl sites for hydroxylation is 2. The van der Waals surface area contributed by atoms with E-state index in [1.165, 1.54) is 24.3 Å². The van der Waals surface area contributed by atoms with Gasteiger partial charge in [0, 0.05) is 11.7 Å². The number of carbonyl (C=O) groups is 2. The molecular weight excluding hydrogens is 392 g/mol. The molecule has 2 N–H and O–H groups in total. The van der Waals surface area contributed by atoms with Gasteiger partial charge in [0.15, 0.2) is 6.61 Å². The molecule has 0 aromatic heterocycles. The second kappa shape index (κ2) is 8.75. The van der Waals surface area contributed by atoms with Crippen LogP contribution in [0.3, 0.4) is 0 Å². The lowest BCUT2D eigenvalue weighted by molar-refractivity contribution is -0.119. The van der Waals surface area contributed by atoms with Crippen molar-refractivity contribution < 1.29 is 22.7 Å². The minimum Gasteiger partial charge on any atom is -0.452 e. The van der Waals surface area contributed by atoms with E-state index in [9.17, 15) is 18.0 Å². The first-order valence-corrected chi connectivity index (χ1v) is 11.0. The summed E-state index contributed by atoms with van der Waals surface area (Å²) in [5.41, 5.74) is 2.84. The summed E-state index contributed by atoms with van der Waals surface area (Å²) < 4.78 is 31.9. The summed E-state index contributed by atoms with van der Waals surface area (Å²) in [7, 11) is -3.58. The standard InChI is InChI=1S/C21H24N2O5S/c1-3-15-6-4-5-14(2)20(15)22-19(24)13-28-21(25)16-7-11-18(12-8-16)29(26,27)23-17-9-10-17/h4-8,11-12,17,23H,3,9-10,13H2,1-2H3,(H,22,24). The van der Waals surface area contributed by atoms with Gasteiger partial charge in [-0.05, 0) is 61.6 Å². The van der Waals surface area contributed by atoms with Gasteiger partial charge in [-0.2, -0.15) is 0 Å². The van der Waals surface area contributed by atoms with E-state index in [-0.39, 0.29) is 16.5 Å². The second-order valence-electron chi connectivity index (χ2n) is 7.01. The van der Waals surface area contributed by atoms with Crippen LogP contribution < -0.4 is 10.0 Å². The summed E-state index contributed by atoms with van der Waals surface area (Å²) in [6, 6.07) is 11.2. The number of nitrogens with one attached hydrogen (secondary N) is 2. The maximum atomic E-state index is 12.2. The molecule has 154 valence electrons. The number of rotatable bonds is 8. The zero-order valence-electron chi connectivity index (χ0n) is 16.4. The van der Waals surface area contributed by atoms with Crippen LogP contribution in [0.5, 0.6) is 0 Å². The Kier molecular flexibility index (Phi) is 6.34. The number of amides is 1. The van der Waals surface area contributed by atoms with Gasteiger partial charge in [0.05, 0.1) is 10.5 Å². The number of carbonyl (C=O) groups excluding carboxylic acids is 2. The molecule has 0 spiro atoms. The van der Waals surface area contributed by atoms with Crippen LogP contribution in [-0.2, 0) is 26.0 Å². The monoisotopic (exact) mass is 416 g/mol. The Bertz CT molecular complexity index is 1010. The van der Waals surface area contributed by atoms with Crippen molar-refractivity contribution in [3.05, 3.63) is 59.2 Å². The van der Waals surface area contributed by atoms with Crippen LogP contribution in [-0.4, -0.2) is 32.9 Å². The quantitative estimate of drug-likeness (QED) is 0.645. The van der Waals surface area contributed by atoms with E-state index in [4.69, 9.17) is 4.74 Å². The van der Waals surface area contributed by atoms with Crippen molar-refractivity contribution in [3.63, 3.8) is 0 Å². The Balaban J connectivity index is 1.57. The summed E-state index contributed by atoms with van der Waals surface area (Å²) in [5.74, 6) is -1.13. The molecule has 0 unspecified atom stereocenters. The predicted molar refractivity (Wildman–Crippen MR) is 109 cm³/mol. The summed E-state index contributed by atoms with van der Waals surface area (Å²) in [6.07, 6.45) is 2.45. The van der Waals surface area contributed by atoms with Gasteiger partial charge in [-0.1, -0.05) is 25.1 Å². The SMILES string of the molecule is CCc1cccc(C)c1NC(=O)COC(=O)c1ccc(S(=O)(=O)NC2CC2)cc1. The first-order chi connectivity index (χ1) is 13.8. The number of anilines is 1. The van der Waals surface area contributed by atoms with E-state index >= 15 is 0 Å². The van der Waals surface area contributed by atoms with Crippen molar-refractivity contribution in [1.82, 2.24) is 4.72 Å². The highest BCUT2D eigenvalue weighted by Gasteiger charge is 2.28. The average Bonchev–Trinajstić information content (AvgIpc) is 3.51. The van der Waals surface area contributed by atoms with Crippen LogP contribution in [0.25, 0.3) is 0 Å². The lowest BCUT2D eigenvalue weighted by Gasteiger charge is -2.13. The molecule has 0 bridgehead atoms. The molecule has 1 fully saturated rings. The van der Waals surface area contributed by atoms with Crippen molar-refractivity contribution in [2.75, 3.05) is 11.9 Å². The number of hydrogen-bond donors (Lipinski definition) is 2. The number of benzene rings is 2. The van der Waals surface area contributed by atoms with E-state index in [1.807, 2.05) is 32.0 Å². The third-order valence-corrected chi connectivity index (χ3v) is 6.17. The van der Waals surface area contributed by atoms with E-state index in [0.29, 0.717) is 0 Å². The molecule has 0 atom stereocenters. The van der Waals surface area contributed by atoms with Crippen molar-refractivity contribution >= 4 is 27.6 Å². The highest BCUT2D eigenvalue weighted by Crippen LogP contribution is 2.23. The average molecular weight is 416 g/mol. The van der Waals surface area contributed by atoms with Crippen molar-refractivity contribution in [2.45, 2.75) is 44.0 Å². The predicted octanol–water partition coefficient (Wildman–Crippen LogP) is 2.79. The Hall–Kier alpha value is -2.71. The van der Waals surface area contributed by atoms with Crippen molar-refractivity contribution in [2.24, 2.45) is 0 Å². The summed E-state index contributed by atoms with van der Waals surface area (Å²) >= 11 is 0. The molecule has 0 aliphatic heterocycles. The van der Waals surface area contributed by atoms with Crippen LogP contribution in [0, 0.1) is 6.92 Å². The van der Waals surface area contributed by atoms with Gasteiger partial charge in [-0.15, -0.1) is 0 Å². The van der Waals surface area contributed by atoms with Crippen molar-refractivity contribution in [3.8, 4) is 0 Å².